The number of carbonyl (C=O) groups excluding carboxylic acids is 3. The van der Waals surface area contributed by atoms with Gasteiger partial charge in [-0.25, -0.2) is 9.59 Å². The summed E-state index contributed by atoms with van der Waals surface area (Å²) in [6.45, 7) is 1.19. The van der Waals surface area contributed by atoms with Crippen molar-refractivity contribution in [3.05, 3.63) is 82.4 Å². The molecule has 14 nitrogen and oxygen atoms in total. The number of hydrogen-bond acceptors (Lipinski definition) is 9. The molecule has 0 bridgehead atoms. The standard InChI is InChI=1S/C31H32Cl2N10O4/c1-34-30(45)42-13-3-4-19(17-42)14-25(37-28(44)12-7-21-15-22(32)8-11-27(21)43-18-35-40-41-43)26-16-24(29(33)39-38-26)20-5-9-23(10-6-20)36-31(46)47-2/h5-12,15-16,18-19,25H,3-4,13-14,17H2,1-2H3,(H,34,45)(H,36,46)(H,37,44)/b12-7+. The van der Waals surface area contributed by atoms with Gasteiger partial charge in [-0.1, -0.05) is 35.3 Å². The topological polar surface area (TPSA) is 169 Å². The second-order valence-corrected chi connectivity index (χ2v) is 11.6. The molecule has 0 saturated carbocycles. The van der Waals surface area contributed by atoms with E-state index in [1.165, 1.54) is 24.2 Å². The Labute approximate surface area is 280 Å². The lowest BCUT2D eigenvalue weighted by molar-refractivity contribution is -0.117. The maximum atomic E-state index is 13.4. The molecule has 4 aromatic rings. The van der Waals surface area contributed by atoms with E-state index in [1.54, 1.807) is 66.6 Å². The van der Waals surface area contributed by atoms with Gasteiger partial charge in [-0.3, -0.25) is 10.1 Å². The Kier molecular flexibility index (Phi) is 11.0. The van der Waals surface area contributed by atoms with Gasteiger partial charge in [0.2, 0.25) is 5.91 Å². The van der Waals surface area contributed by atoms with Gasteiger partial charge in [0, 0.05) is 48.1 Å². The summed E-state index contributed by atoms with van der Waals surface area (Å²) >= 11 is 12.7. The number of hydrogen-bond donors (Lipinski definition) is 3. The van der Waals surface area contributed by atoms with E-state index in [9.17, 15) is 14.4 Å². The minimum absolute atomic E-state index is 0.0827. The van der Waals surface area contributed by atoms with Gasteiger partial charge in [0.15, 0.2) is 5.15 Å². The normalized spacial score (nSPS) is 15.2. The lowest BCUT2D eigenvalue weighted by atomic mass is 9.89. The second-order valence-electron chi connectivity index (χ2n) is 10.8. The molecule has 0 aliphatic carbocycles. The first-order valence-corrected chi connectivity index (χ1v) is 15.5. The number of rotatable bonds is 9. The van der Waals surface area contributed by atoms with Crippen molar-refractivity contribution in [2.45, 2.75) is 25.3 Å². The lowest BCUT2D eigenvalue weighted by Crippen LogP contribution is -2.45. The van der Waals surface area contributed by atoms with Gasteiger partial charge in [0.05, 0.1) is 24.5 Å². The van der Waals surface area contributed by atoms with Gasteiger partial charge in [0.25, 0.3) is 0 Å². The number of anilines is 1. The number of amides is 4. The molecule has 2 unspecified atom stereocenters. The number of ether oxygens (including phenoxy) is 1. The summed E-state index contributed by atoms with van der Waals surface area (Å²) < 4.78 is 6.13. The molecule has 1 aliphatic heterocycles. The van der Waals surface area contributed by atoms with Crippen LogP contribution in [-0.4, -0.2) is 80.6 Å². The Morgan fingerprint density at radius 1 is 1.11 bits per heavy atom. The van der Waals surface area contributed by atoms with E-state index in [4.69, 9.17) is 23.2 Å². The van der Waals surface area contributed by atoms with Crippen LogP contribution in [0.2, 0.25) is 10.2 Å². The summed E-state index contributed by atoms with van der Waals surface area (Å²) in [6.07, 6.45) is 6.09. The number of nitrogens with one attached hydrogen (secondary N) is 3. The molecular weight excluding hydrogens is 647 g/mol. The van der Waals surface area contributed by atoms with Gasteiger partial charge in [0.1, 0.15) is 6.33 Å². The fourth-order valence-electron chi connectivity index (χ4n) is 5.38. The average molecular weight is 680 g/mol. The molecule has 2 atom stereocenters. The molecule has 2 aromatic carbocycles. The fraction of sp³-hybridized carbons (Fsp3) is 0.290. The summed E-state index contributed by atoms with van der Waals surface area (Å²) in [5, 5.41) is 28.9. The van der Waals surface area contributed by atoms with Crippen molar-refractivity contribution in [3.63, 3.8) is 0 Å². The summed E-state index contributed by atoms with van der Waals surface area (Å²) in [5.74, 6) is -0.299. The number of nitrogens with zero attached hydrogens (tertiary/aromatic N) is 7. The van der Waals surface area contributed by atoms with Crippen LogP contribution in [0.3, 0.4) is 0 Å². The maximum Gasteiger partial charge on any atom is 0.411 e. The number of benzene rings is 2. The molecule has 1 saturated heterocycles. The second kappa shape index (κ2) is 15.5. The van der Waals surface area contributed by atoms with Gasteiger partial charge >= 0.3 is 12.1 Å². The highest BCUT2D eigenvalue weighted by atomic mass is 35.5. The quantitative estimate of drug-likeness (QED) is 0.208. The molecule has 5 rings (SSSR count). The number of tetrazole rings is 1. The first kappa shape index (κ1) is 33.3. The Hall–Kier alpha value is -5.08. The number of urea groups is 1. The van der Waals surface area contributed by atoms with E-state index in [0.717, 1.165) is 18.4 Å². The molecule has 2 aromatic heterocycles. The van der Waals surface area contributed by atoms with E-state index in [1.807, 2.05) is 0 Å². The number of piperidine rings is 1. The van der Waals surface area contributed by atoms with Crippen LogP contribution < -0.4 is 16.0 Å². The monoisotopic (exact) mass is 678 g/mol. The third kappa shape index (κ3) is 8.60. The molecule has 0 radical (unpaired) electrons. The SMILES string of the molecule is CNC(=O)N1CCCC(CC(NC(=O)/C=C/c2cc(Cl)ccc2-n2cnnn2)c2cc(-c3ccc(NC(=O)OC)cc3)c(Cl)nn2)C1. The van der Waals surface area contributed by atoms with Crippen LogP contribution in [0.25, 0.3) is 22.9 Å². The minimum atomic E-state index is -0.587. The molecule has 4 amide bonds. The van der Waals surface area contributed by atoms with Gasteiger partial charge < -0.3 is 20.3 Å². The smallest absolute Gasteiger partial charge is 0.411 e. The Morgan fingerprint density at radius 3 is 2.64 bits per heavy atom. The predicted molar refractivity (Wildman–Crippen MR) is 176 cm³/mol. The van der Waals surface area contributed by atoms with Crippen molar-refractivity contribution in [2.75, 3.05) is 32.6 Å². The molecule has 3 heterocycles. The summed E-state index contributed by atoms with van der Waals surface area (Å²) in [4.78, 5) is 39.2. The Bertz CT molecular complexity index is 1750. The fourth-order valence-corrected chi connectivity index (χ4v) is 5.76. The van der Waals surface area contributed by atoms with Crippen molar-refractivity contribution in [3.8, 4) is 16.8 Å². The van der Waals surface area contributed by atoms with Crippen LogP contribution in [0.4, 0.5) is 15.3 Å². The van der Waals surface area contributed by atoms with Crippen molar-refractivity contribution in [1.82, 2.24) is 45.9 Å². The molecule has 47 heavy (non-hydrogen) atoms. The van der Waals surface area contributed by atoms with E-state index in [2.05, 4.69) is 46.4 Å². The number of methoxy groups -OCH3 is 1. The largest absolute Gasteiger partial charge is 0.453 e. The first-order valence-electron chi connectivity index (χ1n) is 14.7. The summed E-state index contributed by atoms with van der Waals surface area (Å²) in [7, 11) is 2.89. The highest BCUT2D eigenvalue weighted by molar-refractivity contribution is 6.32. The van der Waals surface area contributed by atoms with E-state index < -0.39 is 12.1 Å². The maximum absolute atomic E-state index is 13.4. The zero-order valence-corrected chi connectivity index (χ0v) is 27.1. The van der Waals surface area contributed by atoms with Gasteiger partial charge in [-0.15, -0.1) is 10.2 Å². The zero-order valence-electron chi connectivity index (χ0n) is 25.6. The molecule has 0 spiro atoms. The first-order chi connectivity index (χ1) is 22.7. The molecule has 16 heteroatoms. The number of halogens is 2. The molecule has 1 fully saturated rings. The van der Waals surface area contributed by atoms with Crippen molar-refractivity contribution in [2.24, 2.45) is 5.92 Å². The van der Waals surface area contributed by atoms with Gasteiger partial charge in [-0.05, 0) is 83.6 Å². The van der Waals surface area contributed by atoms with Crippen LogP contribution >= 0.6 is 23.2 Å². The Morgan fingerprint density at radius 2 is 1.91 bits per heavy atom. The zero-order chi connectivity index (χ0) is 33.3. The van der Waals surface area contributed by atoms with Crippen molar-refractivity contribution < 1.29 is 19.1 Å². The van der Waals surface area contributed by atoms with Crippen molar-refractivity contribution >= 4 is 53.0 Å². The van der Waals surface area contributed by atoms with Gasteiger partial charge in [-0.2, -0.15) is 9.78 Å². The van der Waals surface area contributed by atoms with E-state index >= 15 is 0 Å². The number of likely N-dealkylation sites (tertiary alicyclic amines) is 1. The predicted octanol–water partition coefficient (Wildman–Crippen LogP) is 4.92. The lowest BCUT2D eigenvalue weighted by Gasteiger charge is -2.34. The van der Waals surface area contributed by atoms with Crippen LogP contribution in [0.1, 0.15) is 36.6 Å². The van der Waals surface area contributed by atoms with Crippen molar-refractivity contribution in [1.29, 1.82) is 0 Å². The molecule has 1 aliphatic rings. The third-order valence-corrected chi connectivity index (χ3v) is 8.17. The van der Waals surface area contributed by atoms with Crippen LogP contribution in [0.15, 0.2) is 60.9 Å². The Balaban J connectivity index is 1.42. The van der Waals surface area contributed by atoms with Crippen LogP contribution in [0.5, 0.6) is 0 Å². The van der Waals surface area contributed by atoms with E-state index in [-0.39, 0.29) is 23.0 Å². The summed E-state index contributed by atoms with van der Waals surface area (Å²) in [6, 6.07) is 13.2. The van der Waals surface area contributed by atoms with Crippen LogP contribution in [-0.2, 0) is 9.53 Å². The third-order valence-electron chi connectivity index (χ3n) is 7.66. The van der Waals surface area contributed by atoms with Crippen LogP contribution in [0, 0.1) is 5.92 Å². The minimum Gasteiger partial charge on any atom is -0.453 e. The summed E-state index contributed by atoms with van der Waals surface area (Å²) in [5.41, 5.74) is 3.62. The molecular formula is C31H32Cl2N10O4. The average Bonchev–Trinajstić information content (AvgIpc) is 3.62. The number of aromatic nitrogens is 6. The molecule has 244 valence electrons. The number of carbonyl (C=O) groups is 3. The highest BCUT2D eigenvalue weighted by Crippen LogP contribution is 2.32. The van der Waals surface area contributed by atoms with E-state index in [0.29, 0.717) is 52.7 Å². The molecule has 3 N–H and O–H groups in total. The highest BCUT2D eigenvalue weighted by Gasteiger charge is 2.28.